The molecule has 0 atom stereocenters. The summed E-state index contributed by atoms with van der Waals surface area (Å²) in [6.45, 7) is 1.42. The highest BCUT2D eigenvalue weighted by atomic mass is 16.5. The molecular weight excluding hydrogens is 354 g/mol. The predicted octanol–water partition coefficient (Wildman–Crippen LogP) is 2.83. The third kappa shape index (κ3) is 5.49. The number of nitrogens with zero attached hydrogens (tertiary/aromatic N) is 1. The van der Waals surface area contributed by atoms with Gasteiger partial charge in [-0.1, -0.05) is 54.6 Å². The molecule has 2 amide bonds. The van der Waals surface area contributed by atoms with Gasteiger partial charge in [-0.05, 0) is 28.8 Å². The number of hydrogen-bond donors (Lipinski definition) is 2. The summed E-state index contributed by atoms with van der Waals surface area (Å²) in [6, 6.07) is 20.8. The lowest BCUT2D eigenvalue weighted by atomic mass is 10.1. The number of primary amides is 1. The summed E-state index contributed by atoms with van der Waals surface area (Å²) in [6.07, 6.45) is 1.34. The van der Waals surface area contributed by atoms with Gasteiger partial charge in [0.15, 0.2) is 0 Å². The van der Waals surface area contributed by atoms with Crippen LogP contribution in [0.15, 0.2) is 72.9 Å². The Kier molecular flexibility index (Phi) is 6.49. The molecule has 3 aromatic rings. The van der Waals surface area contributed by atoms with Crippen molar-refractivity contribution in [3.05, 3.63) is 101 Å². The number of rotatable bonds is 8. The van der Waals surface area contributed by atoms with Gasteiger partial charge in [0.25, 0.3) is 11.8 Å². The fourth-order valence-electron chi connectivity index (χ4n) is 2.65. The van der Waals surface area contributed by atoms with Crippen molar-refractivity contribution >= 4 is 11.8 Å². The van der Waals surface area contributed by atoms with Crippen molar-refractivity contribution in [2.75, 3.05) is 0 Å². The van der Waals surface area contributed by atoms with E-state index in [-0.39, 0.29) is 11.6 Å². The van der Waals surface area contributed by atoms with Crippen LogP contribution in [0.1, 0.15) is 37.5 Å². The zero-order valence-electron chi connectivity index (χ0n) is 15.3. The van der Waals surface area contributed by atoms with Gasteiger partial charge in [0.2, 0.25) is 0 Å². The van der Waals surface area contributed by atoms with Crippen molar-refractivity contribution in [3.63, 3.8) is 0 Å². The molecule has 0 unspecified atom stereocenters. The molecule has 0 aliphatic heterocycles. The van der Waals surface area contributed by atoms with Crippen LogP contribution in [-0.4, -0.2) is 16.8 Å². The van der Waals surface area contributed by atoms with Crippen molar-refractivity contribution in [1.82, 2.24) is 10.3 Å². The normalized spacial score (nSPS) is 10.4. The number of pyridine rings is 1. The van der Waals surface area contributed by atoms with Crippen molar-refractivity contribution in [3.8, 4) is 0 Å². The van der Waals surface area contributed by atoms with Gasteiger partial charge in [0, 0.05) is 12.7 Å². The van der Waals surface area contributed by atoms with E-state index in [1.165, 1.54) is 18.3 Å². The van der Waals surface area contributed by atoms with Gasteiger partial charge in [-0.15, -0.1) is 0 Å². The lowest BCUT2D eigenvalue weighted by Gasteiger charge is -2.08. The molecule has 3 N–H and O–H groups in total. The summed E-state index contributed by atoms with van der Waals surface area (Å²) in [7, 11) is 0. The zero-order valence-corrected chi connectivity index (χ0v) is 15.3. The number of amides is 2. The summed E-state index contributed by atoms with van der Waals surface area (Å²) < 4.78 is 5.75. The molecule has 0 aliphatic carbocycles. The molecular formula is C22H21N3O3. The quantitative estimate of drug-likeness (QED) is 0.633. The van der Waals surface area contributed by atoms with Crippen LogP contribution in [-0.2, 0) is 24.5 Å². The van der Waals surface area contributed by atoms with Crippen LogP contribution in [0.4, 0.5) is 0 Å². The second kappa shape index (κ2) is 9.43. The first-order valence-corrected chi connectivity index (χ1v) is 8.85. The number of ether oxygens (including phenoxy) is 1. The summed E-state index contributed by atoms with van der Waals surface area (Å²) in [5.74, 6) is -0.896. The number of carbonyl (C=O) groups excluding carboxylic acids is 2. The lowest BCUT2D eigenvalue weighted by molar-refractivity contribution is 0.0947. The standard InChI is InChI=1S/C22H21N3O3/c23-21(26)20-10-9-19(13-24-20)22(27)25-12-17-7-4-8-18(11-17)15-28-14-16-5-2-1-3-6-16/h1-11,13H,12,14-15H2,(H2,23,26)(H,25,27). The van der Waals surface area contributed by atoms with E-state index >= 15 is 0 Å². The Morgan fingerprint density at radius 2 is 1.61 bits per heavy atom. The van der Waals surface area contributed by atoms with Gasteiger partial charge in [-0.25, -0.2) is 0 Å². The molecule has 142 valence electrons. The Morgan fingerprint density at radius 3 is 2.32 bits per heavy atom. The molecule has 2 aromatic carbocycles. The Hall–Kier alpha value is -3.51. The molecule has 3 rings (SSSR count). The summed E-state index contributed by atoms with van der Waals surface area (Å²) in [5, 5.41) is 2.84. The van der Waals surface area contributed by atoms with Crippen LogP contribution in [0, 0.1) is 0 Å². The molecule has 1 aromatic heterocycles. The van der Waals surface area contributed by atoms with Crippen LogP contribution in [0.25, 0.3) is 0 Å². The minimum atomic E-state index is -0.627. The molecule has 0 aliphatic rings. The largest absolute Gasteiger partial charge is 0.372 e. The monoisotopic (exact) mass is 375 g/mol. The summed E-state index contributed by atoms with van der Waals surface area (Å²) in [5.41, 5.74) is 8.77. The molecule has 0 saturated carbocycles. The topological polar surface area (TPSA) is 94.3 Å². The smallest absolute Gasteiger partial charge is 0.267 e. The second-order valence-corrected chi connectivity index (χ2v) is 6.28. The predicted molar refractivity (Wildman–Crippen MR) is 105 cm³/mol. The second-order valence-electron chi connectivity index (χ2n) is 6.28. The van der Waals surface area contributed by atoms with Crippen molar-refractivity contribution in [2.45, 2.75) is 19.8 Å². The van der Waals surface area contributed by atoms with E-state index in [4.69, 9.17) is 10.5 Å². The van der Waals surface area contributed by atoms with Crippen molar-refractivity contribution in [1.29, 1.82) is 0 Å². The van der Waals surface area contributed by atoms with E-state index < -0.39 is 5.91 Å². The third-order valence-corrected chi connectivity index (χ3v) is 4.10. The minimum Gasteiger partial charge on any atom is -0.372 e. The van der Waals surface area contributed by atoms with Gasteiger partial charge in [0.1, 0.15) is 5.69 Å². The van der Waals surface area contributed by atoms with Crippen LogP contribution in [0.2, 0.25) is 0 Å². The van der Waals surface area contributed by atoms with E-state index in [1.807, 2.05) is 54.6 Å². The summed E-state index contributed by atoms with van der Waals surface area (Å²) in [4.78, 5) is 27.1. The third-order valence-electron chi connectivity index (χ3n) is 4.10. The maximum atomic E-state index is 12.2. The Labute approximate surface area is 163 Å². The highest BCUT2D eigenvalue weighted by Gasteiger charge is 2.08. The number of benzene rings is 2. The van der Waals surface area contributed by atoms with Crippen LogP contribution < -0.4 is 11.1 Å². The molecule has 0 spiro atoms. The van der Waals surface area contributed by atoms with Crippen LogP contribution in [0.5, 0.6) is 0 Å². The minimum absolute atomic E-state index is 0.125. The van der Waals surface area contributed by atoms with E-state index in [0.717, 1.165) is 16.7 Å². The lowest BCUT2D eigenvalue weighted by Crippen LogP contribution is -2.23. The van der Waals surface area contributed by atoms with E-state index in [0.29, 0.717) is 25.3 Å². The number of carbonyl (C=O) groups is 2. The molecule has 0 radical (unpaired) electrons. The van der Waals surface area contributed by atoms with Gasteiger partial charge in [-0.3, -0.25) is 14.6 Å². The van der Waals surface area contributed by atoms with E-state index in [2.05, 4.69) is 10.3 Å². The number of aromatic nitrogens is 1. The maximum Gasteiger partial charge on any atom is 0.267 e. The van der Waals surface area contributed by atoms with Crippen molar-refractivity contribution in [2.24, 2.45) is 5.73 Å². The molecule has 28 heavy (non-hydrogen) atoms. The zero-order chi connectivity index (χ0) is 19.8. The van der Waals surface area contributed by atoms with Gasteiger partial charge < -0.3 is 15.8 Å². The Balaban J connectivity index is 1.51. The molecule has 0 bridgehead atoms. The first-order chi connectivity index (χ1) is 13.6. The fraction of sp³-hybridized carbons (Fsp3) is 0.136. The SMILES string of the molecule is NC(=O)c1ccc(C(=O)NCc2cccc(COCc3ccccc3)c2)cn1. The highest BCUT2D eigenvalue weighted by Crippen LogP contribution is 2.09. The number of nitrogens with one attached hydrogen (secondary N) is 1. The summed E-state index contributed by atoms with van der Waals surface area (Å²) >= 11 is 0. The maximum absolute atomic E-state index is 12.2. The Bertz CT molecular complexity index is 941. The molecule has 0 fully saturated rings. The van der Waals surface area contributed by atoms with Crippen LogP contribution in [0.3, 0.4) is 0 Å². The first-order valence-electron chi connectivity index (χ1n) is 8.85. The van der Waals surface area contributed by atoms with Gasteiger partial charge in [-0.2, -0.15) is 0 Å². The molecule has 6 heteroatoms. The van der Waals surface area contributed by atoms with Crippen molar-refractivity contribution < 1.29 is 14.3 Å². The molecule has 6 nitrogen and oxygen atoms in total. The average Bonchev–Trinajstić information content (AvgIpc) is 2.73. The first kappa shape index (κ1) is 19.3. The van der Waals surface area contributed by atoms with Crippen LogP contribution >= 0.6 is 0 Å². The van der Waals surface area contributed by atoms with Gasteiger partial charge >= 0.3 is 0 Å². The molecule has 0 saturated heterocycles. The number of hydrogen-bond acceptors (Lipinski definition) is 4. The van der Waals surface area contributed by atoms with Gasteiger partial charge in [0.05, 0.1) is 18.8 Å². The highest BCUT2D eigenvalue weighted by molar-refractivity contribution is 5.95. The average molecular weight is 375 g/mol. The van der Waals surface area contributed by atoms with E-state index in [1.54, 1.807) is 0 Å². The number of nitrogens with two attached hydrogens (primary N) is 1. The van der Waals surface area contributed by atoms with E-state index in [9.17, 15) is 9.59 Å². The molecule has 1 heterocycles. The fourth-order valence-corrected chi connectivity index (χ4v) is 2.65. The Morgan fingerprint density at radius 1 is 0.893 bits per heavy atom.